The smallest absolute Gasteiger partial charge is 0.407 e. The summed E-state index contributed by atoms with van der Waals surface area (Å²) in [5.41, 5.74) is -0.000334. The van der Waals surface area contributed by atoms with Gasteiger partial charge in [-0.05, 0) is 39.3 Å². The van der Waals surface area contributed by atoms with Crippen LogP contribution in [0.25, 0.3) is 21.9 Å². The zero-order valence-corrected chi connectivity index (χ0v) is 19.0. The van der Waals surface area contributed by atoms with Crippen LogP contribution in [0.2, 0.25) is 0 Å². The van der Waals surface area contributed by atoms with E-state index in [0.717, 1.165) is 10.3 Å². The molecule has 178 valence electrons. The second-order valence-electron chi connectivity index (χ2n) is 9.70. The van der Waals surface area contributed by atoms with Crippen LogP contribution in [0.4, 0.5) is 4.79 Å². The first kappa shape index (κ1) is 21.9. The summed E-state index contributed by atoms with van der Waals surface area (Å²) in [7, 11) is 0. The lowest BCUT2D eigenvalue weighted by molar-refractivity contribution is -0.135. The number of piperidine rings is 1. The van der Waals surface area contributed by atoms with Crippen LogP contribution in [0.1, 0.15) is 45.3 Å². The Bertz CT molecular complexity index is 1490. The fourth-order valence-electron chi connectivity index (χ4n) is 4.62. The first-order chi connectivity index (χ1) is 16.0. The van der Waals surface area contributed by atoms with Gasteiger partial charge in [0, 0.05) is 19.4 Å². The fraction of sp³-hybridized carbons (Fsp3) is 0.435. The van der Waals surface area contributed by atoms with Crippen molar-refractivity contribution in [3.8, 4) is 0 Å². The molecule has 1 fully saturated rings. The highest BCUT2D eigenvalue weighted by Crippen LogP contribution is 2.27. The SMILES string of the molecule is CC(C)(C)OC(=O)N[C@H]1Cc2coc3cc4c(=O)n(C5CCC(=O)NC5=O)c(=O)c4cc3n2C1. The number of nitrogens with zero attached hydrogens (tertiary/aromatic N) is 2. The zero-order valence-electron chi connectivity index (χ0n) is 19.0. The van der Waals surface area contributed by atoms with E-state index in [4.69, 9.17) is 9.15 Å². The van der Waals surface area contributed by atoms with Crippen LogP contribution < -0.4 is 21.8 Å². The number of hydrogen-bond acceptors (Lipinski definition) is 7. The summed E-state index contributed by atoms with van der Waals surface area (Å²) in [4.78, 5) is 62.1. The molecule has 0 aliphatic carbocycles. The minimum absolute atomic E-state index is 0.0521. The summed E-state index contributed by atoms with van der Waals surface area (Å²) in [5, 5.41) is 5.35. The summed E-state index contributed by atoms with van der Waals surface area (Å²) in [6.45, 7) is 5.79. The molecule has 3 amide bonds. The van der Waals surface area contributed by atoms with Gasteiger partial charge in [0.05, 0.1) is 28.0 Å². The summed E-state index contributed by atoms with van der Waals surface area (Å²) in [6, 6.07) is 1.81. The number of hydrogen-bond donors (Lipinski definition) is 2. The molecule has 2 atom stereocenters. The van der Waals surface area contributed by atoms with E-state index in [2.05, 4.69) is 10.6 Å². The highest BCUT2D eigenvalue weighted by molar-refractivity contribution is 6.00. The van der Waals surface area contributed by atoms with Crippen molar-refractivity contribution in [3.05, 3.63) is 44.8 Å². The van der Waals surface area contributed by atoms with E-state index in [1.54, 1.807) is 33.1 Å². The molecule has 11 heteroatoms. The largest absolute Gasteiger partial charge is 0.461 e. The van der Waals surface area contributed by atoms with Crippen LogP contribution in [0.15, 0.2) is 32.4 Å². The lowest BCUT2D eigenvalue weighted by Gasteiger charge is -2.21. The molecule has 1 unspecified atom stereocenters. The molecule has 34 heavy (non-hydrogen) atoms. The molecule has 1 aromatic carbocycles. The number of imide groups is 1. The highest BCUT2D eigenvalue weighted by atomic mass is 16.6. The van der Waals surface area contributed by atoms with Crippen molar-refractivity contribution in [3.63, 3.8) is 0 Å². The summed E-state index contributed by atoms with van der Waals surface area (Å²) in [5.74, 6) is -1.09. The Labute approximate surface area is 192 Å². The molecule has 2 aliphatic rings. The quantitative estimate of drug-likeness (QED) is 0.541. The molecule has 0 saturated carbocycles. The van der Waals surface area contributed by atoms with Gasteiger partial charge < -0.3 is 19.0 Å². The Kier molecular flexibility index (Phi) is 4.88. The van der Waals surface area contributed by atoms with Gasteiger partial charge in [-0.1, -0.05) is 0 Å². The number of rotatable bonds is 2. The van der Waals surface area contributed by atoms with E-state index in [0.29, 0.717) is 24.1 Å². The Morgan fingerprint density at radius 2 is 1.85 bits per heavy atom. The van der Waals surface area contributed by atoms with Crippen LogP contribution in [-0.2, 0) is 27.3 Å². The molecule has 2 N–H and O–H groups in total. The van der Waals surface area contributed by atoms with Crippen molar-refractivity contribution >= 4 is 39.8 Å². The number of amides is 3. The van der Waals surface area contributed by atoms with Crippen molar-refractivity contribution in [2.45, 2.75) is 64.3 Å². The van der Waals surface area contributed by atoms with Gasteiger partial charge in [0.15, 0.2) is 5.58 Å². The molecule has 4 heterocycles. The highest BCUT2D eigenvalue weighted by Gasteiger charge is 2.32. The van der Waals surface area contributed by atoms with Gasteiger partial charge in [-0.2, -0.15) is 0 Å². The predicted molar refractivity (Wildman–Crippen MR) is 121 cm³/mol. The van der Waals surface area contributed by atoms with E-state index in [-0.39, 0.29) is 29.7 Å². The maximum atomic E-state index is 13.1. The Balaban J connectivity index is 1.53. The topological polar surface area (TPSA) is 142 Å². The second kappa shape index (κ2) is 7.57. The Morgan fingerprint density at radius 1 is 1.15 bits per heavy atom. The number of fused-ring (bicyclic) bond motifs is 4. The fourth-order valence-corrected chi connectivity index (χ4v) is 4.62. The number of benzene rings is 1. The van der Waals surface area contributed by atoms with Crippen molar-refractivity contribution in [1.29, 1.82) is 0 Å². The average Bonchev–Trinajstić information content (AvgIpc) is 3.24. The molecule has 5 rings (SSSR count). The monoisotopic (exact) mass is 468 g/mol. The first-order valence-corrected chi connectivity index (χ1v) is 11.0. The van der Waals surface area contributed by atoms with Crippen molar-refractivity contribution < 1.29 is 23.5 Å². The number of carbonyl (C=O) groups excluding carboxylic acids is 3. The van der Waals surface area contributed by atoms with Gasteiger partial charge in [-0.3, -0.25) is 29.1 Å². The van der Waals surface area contributed by atoms with Gasteiger partial charge >= 0.3 is 6.09 Å². The Morgan fingerprint density at radius 3 is 2.53 bits per heavy atom. The first-order valence-electron chi connectivity index (χ1n) is 11.0. The molecule has 11 nitrogen and oxygen atoms in total. The lowest BCUT2D eigenvalue weighted by Crippen LogP contribution is -2.46. The van der Waals surface area contributed by atoms with Crippen molar-refractivity contribution in [2.75, 3.05) is 0 Å². The molecule has 0 radical (unpaired) electrons. The number of aromatic nitrogens is 2. The van der Waals surface area contributed by atoms with E-state index in [1.165, 1.54) is 6.07 Å². The van der Waals surface area contributed by atoms with E-state index in [1.807, 2.05) is 4.57 Å². The molecular formula is C23H24N4O7. The van der Waals surface area contributed by atoms with Crippen LogP contribution in [0.5, 0.6) is 0 Å². The van der Waals surface area contributed by atoms with Gasteiger partial charge in [0.25, 0.3) is 11.1 Å². The van der Waals surface area contributed by atoms with Gasteiger partial charge in [0.1, 0.15) is 17.9 Å². The van der Waals surface area contributed by atoms with E-state index < -0.39 is 40.7 Å². The number of carbonyl (C=O) groups is 3. The number of nitrogens with one attached hydrogen (secondary N) is 2. The third-order valence-corrected chi connectivity index (χ3v) is 6.06. The van der Waals surface area contributed by atoms with Crippen molar-refractivity contribution in [1.82, 2.24) is 19.8 Å². The third kappa shape index (κ3) is 3.66. The van der Waals surface area contributed by atoms with Gasteiger partial charge in [-0.15, -0.1) is 0 Å². The normalized spacial score (nSPS) is 20.4. The van der Waals surface area contributed by atoms with Gasteiger partial charge in [-0.25, -0.2) is 4.79 Å². The van der Waals surface area contributed by atoms with Gasteiger partial charge in [0.2, 0.25) is 11.8 Å². The van der Waals surface area contributed by atoms with Crippen LogP contribution in [-0.4, -0.2) is 38.7 Å². The Hall–Kier alpha value is -3.89. The molecule has 2 aromatic heterocycles. The average molecular weight is 468 g/mol. The summed E-state index contributed by atoms with van der Waals surface area (Å²) >= 11 is 0. The second-order valence-corrected chi connectivity index (χ2v) is 9.70. The molecular weight excluding hydrogens is 444 g/mol. The molecule has 0 spiro atoms. The standard InChI is InChI=1S/C23H24N4O7/c1-23(2,3)34-22(32)24-11-6-12-10-33-17-8-14-13(7-16(17)26(12)9-11)20(30)27(21(14)31)15-4-5-18(28)25-19(15)29/h7-8,10-11,15H,4-6,9H2,1-3H3,(H,24,32)(H,25,28,29)/t11-,15?/m0/s1. The third-order valence-electron chi connectivity index (χ3n) is 6.06. The summed E-state index contributed by atoms with van der Waals surface area (Å²) < 4.78 is 13.9. The minimum atomic E-state index is -1.04. The maximum absolute atomic E-state index is 13.1. The maximum Gasteiger partial charge on any atom is 0.407 e. The van der Waals surface area contributed by atoms with Crippen LogP contribution in [0.3, 0.4) is 0 Å². The molecule has 0 bridgehead atoms. The molecule has 2 aliphatic heterocycles. The van der Waals surface area contributed by atoms with E-state index >= 15 is 0 Å². The van der Waals surface area contributed by atoms with Crippen LogP contribution >= 0.6 is 0 Å². The summed E-state index contributed by atoms with van der Waals surface area (Å²) in [6.07, 6.45) is 1.68. The van der Waals surface area contributed by atoms with E-state index in [9.17, 15) is 24.0 Å². The van der Waals surface area contributed by atoms with Crippen LogP contribution in [0, 0.1) is 0 Å². The minimum Gasteiger partial charge on any atom is -0.461 e. The lowest BCUT2D eigenvalue weighted by atomic mass is 10.1. The zero-order chi connectivity index (χ0) is 24.4. The molecule has 1 saturated heterocycles. The molecule has 3 aromatic rings. The van der Waals surface area contributed by atoms with Crippen molar-refractivity contribution in [2.24, 2.45) is 0 Å². The number of ether oxygens (including phenoxy) is 1. The number of alkyl carbamates (subject to hydrolysis) is 1. The predicted octanol–water partition coefficient (Wildman–Crippen LogP) is 1.34.